The highest BCUT2D eigenvalue weighted by atomic mass is 16.3. The Morgan fingerprint density at radius 1 is 1.09 bits per heavy atom. The Morgan fingerprint density at radius 2 is 1.74 bits per heavy atom. The maximum atomic E-state index is 12.6. The van der Waals surface area contributed by atoms with Crippen LogP contribution in [0, 0.1) is 0 Å². The van der Waals surface area contributed by atoms with Gasteiger partial charge in [-0.15, -0.1) is 0 Å². The van der Waals surface area contributed by atoms with Crippen molar-refractivity contribution in [3.63, 3.8) is 0 Å². The lowest BCUT2D eigenvalue weighted by molar-refractivity contribution is 0.478. The molecule has 3 rings (SSSR count). The molecule has 0 saturated heterocycles. The number of rotatable bonds is 3. The smallest absolute Gasteiger partial charge is 0.263 e. The van der Waals surface area contributed by atoms with Crippen molar-refractivity contribution in [3.8, 4) is 5.75 Å². The van der Waals surface area contributed by atoms with Gasteiger partial charge in [-0.2, -0.15) is 5.10 Å². The van der Waals surface area contributed by atoms with E-state index in [-0.39, 0.29) is 16.9 Å². The van der Waals surface area contributed by atoms with Gasteiger partial charge in [-0.3, -0.25) is 10.2 Å². The molecule has 5 heteroatoms. The highest BCUT2D eigenvalue weighted by Crippen LogP contribution is 2.26. The number of hydrogen-bond donors (Lipinski definition) is 2. The van der Waals surface area contributed by atoms with Crippen molar-refractivity contribution in [2.75, 3.05) is 5.43 Å². The van der Waals surface area contributed by atoms with E-state index in [1.807, 2.05) is 42.5 Å². The monoisotopic (exact) mass is 307 g/mol. The van der Waals surface area contributed by atoms with Crippen molar-refractivity contribution in [3.05, 3.63) is 70.5 Å². The molecular weight excluding hydrogens is 290 g/mol. The van der Waals surface area contributed by atoms with Crippen LogP contribution < -0.4 is 11.0 Å². The molecule has 1 heterocycles. The van der Waals surface area contributed by atoms with Gasteiger partial charge in [0.05, 0.1) is 16.9 Å². The van der Waals surface area contributed by atoms with E-state index in [0.29, 0.717) is 16.6 Å². The van der Waals surface area contributed by atoms with Gasteiger partial charge in [-0.1, -0.05) is 30.3 Å². The molecule has 116 valence electrons. The molecule has 1 aromatic heterocycles. The number of anilines is 1. The van der Waals surface area contributed by atoms with Crippen LogP contribution in [0.15, 0.2) is 64.5 Å². The third-order valence-corrected chi connectivity index (χ3v) is 3.76. The standard InChI is InChI=1S/C18H17N3O2/c1-12(19-20-13-8-4-3-5-9-13)16-17(22)14-10-6-7-11-15(14)21(2)18(16)23/h3-11,20,22H,1-2H3. The van der Waals surface area contributed by atoms with Crippen LogP contribution in [0.1, 0.15) is 12.5 Å². The third kappa shape index (κ3) is 2.68. The Hall–Kier alpha value is -3.08. The van der Waals surface area contributed by atoms with E-state index in [0.717, 1.165) is 5.69 Å². The fourth-order valence-electron chi connectivity index (χ4n) is 2.52. The second-order valence-electron chi connectivity index (χ2n) is 5.28. The topological polar surface area (TPSA) is 66.6 Å². The Labute approximate surface area is 133 Å². The third-order valence-electron chi connectivity index (χ3n) is 3.76. The number of hydrazone groups is 1. The number of fused-ring (bicyclic) bond motifs is 1. The molecule has 0 atom stereocenters. The molecule has 0 aliphatic rings. The van der Waals surface area contributed by atoms with Gasteiger partial charge in [-0.05, 0) is 31.2 Å². The molecule has 0 radical (unpaired) electrons. The second-order valence-corrected chi connectivity index (χ2v) is 5.28. The summed E-state index contributed by atoms with van der Waals surface area (Å²) in [5.41, 5.74) is 4.74. The summed E-state index contributed by atoms with van der Waals surface area (Å²) in [4.78, 5) is 12.6. The van der Waals surface area contributed by atoms with E-state index in [2.05, 4.69) is 10.5 Å². The molecule has 0 saturated carbocycles. The molecule has 0 unspecified atom stereocenters. The average molecular weight is 307 g/mol. The molecule has 2 N–H and O–H groups in total. The van der Waals surface area contributed by atoms with Gasteiger partial charge in [0.15, 0.2) is 0 Å². The van der Waals surface area contributed by atoms with E-state index in [1.54, 1.807) is 26.1 Å². The van der Waals surface area contributed by atoms with Crippen molar-refractivity contribution >= 4 is 22.3 Å². The number of hydrogen-bond acceptors (Lipinski definition) is 4. The van der Waals surface area contributed by atoms with E-state index in [9.17, 15) is 9.90 Å². The molecule has 23 heavy (non-hydrogen) atoms. The molecule has 3 aromatic rings. The fourth-order valence-corrected chi connectivity index (χ4v) is 2.52. The van der Waals surface area contributed by atoms with Gasteiger partial charge in [-0.25, -0.2) is 0 Å². The van der Waals surface area contributed by atoms with E-state index in [1.165, 1.54) is 4.57 Å². The number of benzene rings is 2. The summed E-state index contributed by atoms with van der Waals surface area (Å²) < 4.78 is 1.52. The maximum absolute atomic E-state index is 12.6. The van der Waals surface area contributed by atoms with Crippen molar-refractivity contribution in [1.29, 1.82) is 0 Å². The fraction of sp³-hybridized carbons (Fsp3) is 0.111. The van der Waals surface area contributed by atoms with Crippen molar-refractivity contribution in [2.45, 2.75) is 6.92 Å². The molecule has 0 aliphatic heterocycles. The Kier molecular flexibility index (Phi) is 3.85. The van der Waals surface area contributed by atoms with Crippen LogP contribution in [0.25, 0.3) is 10.9 Å². The number of aryl methyl sites for hydroxylation is 1. The first-order valence-electron chi connectivity index (χ1n) is 7.26. The van der Waals surface area contributed by atoms with E-state index >= 15 is 0 Å². The van der Waals surface area contributed by atoms with Crippen LogP contribution >= 0.6 is 0 Å². The number of nitrogens with zero attached hydrogens (tertiary/aromatic N) is 2. The van der Waals surface area contributed by atoms with Crippen molar-refractivity contribution < 1.29 is 5.11 Å². The second kappa shape index (κ2) is 5.96. The van der Waals surface area contributed by atoms with Gasteiger partial charge in [0.25, 0.3) is 5.56 Å². The van der Waals surface area contributed by atoms with Crippen LogP contribution in [0.5, 0.6) is 5.75 Å². The van der Waals surface area contributed by atoms with Gasteiger partial charge >= 0.3 is 0 Å². The first-order chi connectivity index (χ1) is 11.1. The van der Waals surface area contributed by atoms with Gasteiger partial charge in [0.1, 0.15) is 11.3 Å². The van der Waals surface area contributed by atoms with E-state index in [4.69, 9.17) is 0 Å². The largest absolute Gasteiger partial charge is 0.506 e. The average Bonchev–Trinajstić information content (AvgIpc) is 2.59. The minimum Gasteiger partial charge on any atom is -0.506 e. The lowest BCUT2D eigenvalue weighted by Crippen LogP contribution is -2.24. The minimum atomic E-state index is -0.280. The van der Waals surface area contributed by atoms with Crippen LogP contribution in [0.4, 0.5) is 5.69 Å². The Balaban J connectivity index is 2.10. The molecular formula is C18H17N3O2. The maximum Gasteiger partial charge on any atom is 0.263 e. The SMILES string of the molecule is CC(=NNc1ccccc1)c1c(O)c2ccccc2n(C)c1=O. The summed E-state index contributed by atoms with van der Waals surface area (Å²) in [6, 6.07) is 16.7. The van der Waals surface area contributed by atoms with Crippen molar-refractivity contribution in [1.82, 2.24) is 4.57 Å². The molecule has 0 amide bonds. The van der Waals surface area contributed by atoms with Crippen LogP contribution in [-0.4, -0.2) is 15.4 Å². The predicted molar refractivity (Wildman–Crippen MR) is 93.1 cm³/mol. The van der Waals surface area contributed by atoms with Gasteiger partial charge in [0, 0.05) is 12.4 Å². The summed E-state index contributed by atoms with van der Waals surface area (Å²) >= 11 is 0. The molecule has 0 fully saturated rings. The van der Waals surface area contributed by atoms with E-state index < -0.39 is 0 Å². The molecule has 5 nitrogen and oxygen atoms in total. The quantitative estimate of drug-likeness (QED) is 0.577. The highest BCUT2D eigenvalue weighted by Gasteiger charge is 2.16. The zero-order valence-electron chi connectivity index (χ0n) is 12.9. The zero-order valence-corrected chi connectivity index (χ0v) is 12.9. The number of nitrogens with one attached hydrogen (secondary N) is 1. The first kappa shape index (κ1) is 14.8. The zero-order chi connectivity index (χ0) is 16.4. The predicted octanol–water partition coefficient (Wildman–Crippen LogP) is 3.08. The lowest BCUT2D eigenvalue weighted by Gasteiger charge is -2.11. The van der Waals surface area contributed by atoms with Crippen LogP contribution in [0.3, 0.4) is 0 Å². The number of aromatic nitrogens is 1. The number of pyridine rings is 1. The highest BCUT2D eigenvalue weighted by molar-refractivity contribution is 6.05. The minimum absolute atomic E-state index is 0.0418. The van der Waals surface area contributed by atoms with Crippen LogP contribution in [-0.2, 0) is 7.05 Å². The van der Waals surface area contributed by atoms with Crippen LogP contribution in [0.2, 0.25) is 0 Å². The molecule has 0 aliphatic carbocycles. The van der Waals surface area contributed by atoms with Gasteiger partial charge in [0.2, 0.25) is 0 Å². The summed E-state index contributed by atoms with van der Waals surface area (Å²) in [7, 11) is 1.69. The number of para-hydroxylation sites is 2. The summed E-state index contributed by atoms with van der Waals surface area (Å²) in [5.74, 6) is -0.0418. The summed E-state index contributed by atoms with van der Waals surface area (Å²) in [5, 5.41) is 15.4. The molecule has 2 aromatic carbocycles. The van der Waals surface area contributed by atoms with Crippen molar-refractivity contribution in [2.24, 2.45) is 12.1 Å². The Morgan fingerprint density at radius 3 is 2.48 bits per heavy atom. The normalized spacial score (nSPS) is 11.7. The summed E-state index contributed by atoms with van der Waals surface area (Å²) in [6.07, 6.45) is 0. The molecule has 0 spiro atoms. The lowest BCUT2D eigenvalue weighted by atomic mass is 10.1. The Bertz CT molecular complexity index is 944. The van der Waals surface area contributed by atoms with Gasteiger partial charge < -0.3 is 9.67 Å². The summed E-state index contributed by atoms with van der Waals surface area (Å²) in [6.45, 7) is 1.70. The molecule has 0 bridgehead atoms. The first-order valence-corrected chi connectivity index (χ1v) is 7.26. The number of aromatic hydroxyl groups is 1.